The molecule has 2 fully saturated rings. The van der Waals surface area contributed by atoms with Gasteiger partial charge in [-0.15, -0.1) is 11.3 Å². The SMILES string of the molecule is CN[C@@H](C)C(=O)NC(C(=O)N1CCC[C@H]1c1nc(C(=O)c2cccc(O)c2)cs1)C1CCCCC1. The molecule has 2 aliphatic rings. The van der Waals surface area contributed by atoms with Gasteiger partial charge in [-0.3, -0.25) is 14.4 Å². The van der Waals surface area contributed by atoms with Gasteiger partial charge in [0.2, 0.25) is 17.6 Å². The van der Waals surface area contributed by atoms with E-state index in [0.717, 1.165) is 43.5 Å². The third-order valence-corrected chi connectivity index (χ3v) is 8.14. The summed E-state index contributed by atoms with van der Waals surface area (Å²) in [5.41, 5.74) is 0.690. The number of amides is 2. The first-order valence-corrected chi connectivity index (χ1v) is 13.3. The standard InChI is InChI=1S/C26H34N4O4S/c1-16(27-2)24(33)29-22(17-8-4-3-5-9-17)26(34)30-13-7-12-21(30)25-28-20(15-35-25)23(32)18-10-6-11-19(31)14-18/h6,10-11,14-17,21-22,27,31H,3-5,7-9,12-13H2,1-2H3,(H,29,33)/t16-,21-,22?/m0/s1. The number of aromatic hydroxyl groups is 1. The van der Waals surface area contributed by atoms with Gasteiger partial charge < -0.3 is 20.6 Å². The summed E-state index contributed by atoms with van der Waals surface area (Å²) < 4.78 is 0. The van der Waals surface area contributed by atoms with Crippen molar-refractivity contribution < 1.29 is 19.5 Å². The lowest BCUT2D eigenvalue weighted by Gasteiger charge is -2.35. The molecule has 0 spiro atoms. The smallest absolute Gasteiger partial charge is 0.246 e. The predicted octanol–water partition coefficient (Wildman–Crippen LogP) is 3.42. The molecule has 1 aromatic carbocycles. The van der Waals surface area contributed by atoms with E-state index in [2.05, 4.69) is 15.6 Å². The summed E-state index contributed by atoms with van der Waals surface area (Å²) in [7, 11) is 1.73. The van der Waals surface area contributed by atoms with Crippen LogP contribution in [-0.2, 0) is 9.59 Å². The van der Waals surface area contributed by atoms with Crippen molar-refractivity contribution in [2.75, 3.05) is 13.6 Å². The fourth-order valence-electron chi connectivity index (χ4n) is 5.06. The molecular weight excluding hydrogens is 464 g/mol. The molecule has 2 aromatic rings. The molecule has 1 aliphatic heterocycles. The Morgan fingerprint density at radius 2 is 1.91 bits per heavy atom. The number of nitrogens with zero attached hydrogens (tertiary/aromatic N) is 2. The molecular formula is C26H34N4O4S. The van der Waals surface area contributed by atoms with E-state index in [9.17, 15) is 19.5 Å². The summed E-state index contributed by atoms with van der Waals surface area (Å²) in [5, 5.41) is 18.2. The van der Waals surface area contributed by atoms with E-state index in [0.29, 0.717) is 17.8 Å². The van der Waals surface area contributed by atoms with Gasteiger partial charge in [-0.05, 0) is 57.7 Å². The molecule has 35 heavy (non-hydrogen) atoms. The van der Waals surface area contributed by atoms with E-state index in [1.807, 2.05) is 4.90 Å². The molecule has 1 saturated heterocycles. The van der Waals surface area contributed by atoms with Crippen LogP contribution >= 0.6 is 11.3 Å². The van der Waals surface area contributed by atoms with Gasteiger partial charge in [0.25, 0.3) is 0 Å². The van der Waals surface area contributed by atoms with E-state index in [1.165, 1.54) is 29.9 Å². The molecule has 2 heterocycles. The number of ketones is 1. The van der Waals surface area contributed by atoms with Crippen molar-refractivity contribution >= 4 is 28.9 Å². The van der Waals surface area contributed by atoms with E-state index in [-0.39, 0.29) is 41.3 Å². The van der Waals surface area contributed by atoms with Crippen LogP contribution in [0.4, 0.5) is 0 Å². The van der Waals surface area contributed by atoms with Crippen LogP contribution in [0.25, 0.3) is 0 Å². The average Bonchev–Trinajstić information content (AvgIpc) is 3.56. The van der Waals surface area contributed by atoms with Gasteiger partial charge in [-0.1, -0.05) is 31.4 Å². The van der Waals surface area contributed by atoms with Gasteiger partial charge in [0.1, 0.15) is 22.5 Å². The van der Waals surface area contributed by atoms with E-state index in [4.69, 9.17) is 0 Å². The van der Waals surface area contributed by atoms with Crippen LogP contribution in [0.2, 0.25) is 0 Å². The monoisotopic (exact) mass is 498 g/mol. The predicted molar refractivity (Wildman–Crippen MR) is 134 cm³/mol. The lowest BCUT2D eigenvalue weighted by molar-refractivity contribution is -0.139. The van der Waals surface area contributed by atoms with E-state index < -0.39 is 6.04 Å². The number of phenols is 1. The summed E-state index contributed by atoms with van der Waals surface area (Å²) >= 11 is 1.38. The van der Waals surface area contributed by atoms with Crippen LogP contribution in [0.3, 0.4) is 0 Å². The number of nitrogens with one attached hydrogen (secondary N) is 2. The third-order valence-electron chi connectivity index (χ3n) is 7.20. The molecule has 4 rings (SSSR count). The van der Waals surface area contributed by atoms with E-state index >= 15 is 0 Å². The minimum Gasteiger partial charge on any atom is -0.508 e. The number of phenolic OH excluding ortho intramolecular Hbond substituents is 1. The number of thiazole rings is 1. The Bertz CT molecular complexity index is 1070. The molecule has 2 amide bonds. The highest BCUT2D eigenvalue weighted by Crippen LogP contribution is 2.36. The number of benzene rings is 1. The van der Waals surface area contributed by atoms with E-state index in [1.54, 1.807) is 31.5 Å². The summed E-state index contributed by atoms with van der Waals surface area (Å²) in [6.07, 6.45) is 6.80. The van der Waals surface area contributed by atoms with Crippen molar-refractivity contribution in [2.24, 2.45) is 5.92 Å². The number of likely N-dealkylation sites (N-methyl/N-ethyl adjacent to an activating group) is 1. The number of hydrogen-bond acceptors (Lipinski definition) is 7. The Hall–Kier alpha value is -2.78. The second kappa shape index (κ2) is 11.3. The maximum atomic E-state index is 13.8. The topological polar surface area (TPSA) is 112 Å². The van der Waals surface area contributed by atoms with Gasteiger partial charge in [-0.25, -0.2) is 4.98 Å². The zero-order valence-electron chi connectivity index (χ0n) is 20.3. The van der Waals surface area contributed by atoms with Crippen LogP contribution < -0.4 is 10.6 Å². The Balaban J connectivity index is 1.53. The average molecular weight is 499 g/mol. The Morgan fingerprint density at radius 1 is 1.14 bits per heavy atom. The van der Waals surface area contributed by atoms with Crippen LogP contribution in [0.5, 0.6) is 5.75 Å². The second-order valence-corrected chi connectivity index (χ2v) is 10.4. The second-order valence-electron chi connectivity index (χ2n) is 9.53. The summed E-state index contributed by atoms with van der Waals surface area (Å²) in [6, 6.07) is 5.09. The Morgan fingerprint density at radius 3 is 2.63 bits per heavy atom. The van der Waals surface area contributed by atoms with Crippen LogP contribution in [0.15, 0.2) is 29.6 Å². The largest absolute Gasteiger partial charge is 0.508 e. The molecule has 3 atom stereocenters. The van der Waals surface area contributed by atoms with Gasteiger partial charge >= 0.3 is 0 Å². The Labute approximate surface area is 210 Å². The lowest BCUT2D eigenvalue weighted by atomic mass is 9.83. The van der Waals surface area contributed by atoms with Crippen molar-refractivity contribution in [3.63, 3.8) is 0 Å². The molecule has 0 radical (unpaired) electrons. The molecule has 188 valence electrons. The number of aromatic nitrogens is 1. The van der Waals surface area contributed by atoms with Crippen LogP contribution in [0.1, 0.15) is 79.0 Å². The molecule has 0 bridgehead atoms. The summed E-state index contributed by atoms with van der Waals surface area (Å²) in [5.74, 6) is -0.313. The molecule has 8 nitrogen and oxygen atoms in total. The number of carbonyl (C=O) groups is 3. The van der Waals surface area contributed by atoms with Crippen molar-refractivity contribution in [3.8, 4) is 5.75 Å². The fourth-order valence-corrected chi connectivity index (χ4v) is 6.01. The number of carbonyl (C=O) groups excluding carboxylic acids is 3. The highest BCUT2D eigenvalue weighted by Gasteiger charge is 2.40. The number of likely N-dealkylation sites (tertiary alicyclic amines) is 1. The molecule has 1 saturated carbocycles. The zero-order chi connectivity index (χ0) is 24.9. The maximum Gasteiger partial charge on any atom is 0.246 e. The summed E-state index contributed by atoms with van der Waals surface area (Å²) in [4.78, 5) is 45.9. The molecule has 1 aliphatic carbocycles. The van der Waals surface area contributed by atoms with Crippen LogP contribution in [-0.4, -0.2) is 58.3 Å². The maximum absolute atomic E-state index is 13.8. The zero-order valence-corrected chi connectivity index (χ0v) is 21.1. The highest BCUT2D eigenvalue weighted by molar-refractivity contribution is 7.10. The molecule has 9 heteroatoms. The van der Waals surface area contributed by atoms with Gasteiger partial charge in [0, 0.05) is 17.5 Å². The van der Waals surface area contributed by atoms with Crippen molar-refractivity contribution in [2.45, 2.75) is 70.0 Å². The van der Waals surface area contributed by atoms with Crippen molar-refractivity contribution in [1.82, 2.24) is 20.5 Å². The van der Waals surface area contributed by atoms with Crippen molar-refractivity contribution in [3.05, 3.63) is 45.9 Å². The molecule has 1 aromatic heterocycles. The minimum atomic E-state index is -0.549. The lowest BCUT2D eigenvalue weighted by Crippen LogP contribution is -2.55. The van der Waals surface area contributed by atoms with Crippen molar-refractivity contribution in [1.29, 1.82) is 0 Å². The first-order chi connectivity index (χ1) is 16.9. The van der Waals surface area contributed by atoms with Gasteiger partial charge in [-0.2, -0.15) is 0 Å². The quantitative estimate of drug-likeness (QED) is 0.481. The van der Waals surface area contributed by atoms with Gasteiger partial charge in [0.15, 0.2) is 0 Å². The first kappa shape index (κ1) is 25.3. The highest BCUT2D eigenvalue weighted by atomic mass is 32.1. The molecule has 3 N–H and O–H groups in total. The van der Waals surface area contributed by atoms with Crippen LogP contribution in [0, 0.1) is 5.92 Å². The number of hydrogen-bond donors (Lipinski definition) is 3. The third kappa shape index (κ3) is 5.73. The fraction of sp³-hybridized carbons (Fsp3) is 0.538. The minimum absolute atomic E-state index is 0.0299. The Kier molecular flexibility index (Phi) is 8.18. The first-order valence-electron chi connectivity index (χ1n) is 12.5. The summed E-state index contributed by atoms with van der Waals surface area (Å²) in [6.45, 7) is 2.40. The normalized spacial score (nSPS) is 20.4. The number of rotatable bonds is 8. The molecule has 1 unspecified atom stereocenters. The van der Waals surface area contributed by atoms with Gasteiger partial charge in [0.05, 0.1) is 12.1 Å².